The molecule has 0 aliphatic carbocycles. The second-order valence-electron chi connectivity index (χ2n) is 5.03. The number of ether oxygens (including phenoxy) is 1. The second-order valence-corrected chi connectivity index (χ2v) is 5.03. The van der Waals surface area contributed by atoms with Crippen LogP contribution in [0.15, 0.2) is 48.9 Å². The van der Waals surface area contributed by atoms with Crippen molar-refractivity contribution in [3.8, 4) is 23.0 Å². The van der Waals surface area contributed by atoms with Gasteiger partial charge in [-0.1, -0.05) is 12.1 Å². The molecule has 8 heteroatoms. The van der Waals surface area contributed by atoms with Crippen molar-refractivity contribution in [3.05, 3.63) is 48.9 Å². The molecule has 0 aliphatic rings. The molecule has 120 valence electrons. The lowest BCUT2D eigenvalue weighted by Crippen LogP contribution is -2.02. The zero-order chi connectivity index (χ0) is 16.4. The molecule has 0 aliphatic heterocycles. The number of aliphatic hydroxyl groups is 1. The fraction of sp³-hybridized carbons (Fsp3) is 0.125. The highest BCUT2D eigenvalue weighted by Gasteiger charge is 2.12. The number of hydrogen-bond donors (Lipinski definition) is 2. The lowest BCUT2D eigenvalue weighted by molar-refractivity contribution is 0.202. The molecule has 0 saturated heterocycles. The number of aromatic amines is 1. The average Bonchev–Trinajstić information content (AvgIpc) is 3.28. The van der Waals surface area contributed by atoms with Crippen LogP contribution in [0.4, 0.5) is 0 Å². The number of para-hydroxylation sites is 1. The Morgan fingerprint density at radius 3 is 2.83 bits per heavy atom. The van der Waals surface area contributed by atoms with Crippen LogP contribution >= 0.6 is 0 Å². The molecule has 0 saturated carbocycles. The minimum atomic E-state index is -0.0430. The van der Waals surface area contributed by atoms with Crippen molar-refractivity contribution >= 4 is 11.0 Å². The summed E-state index contributed by atoms with van der Waals surface area (Å²) in [5.74, 6) is 1.92. The number of benzene rings is 1. The zero-order valence-corrected chi connectivity index (χ0v) is 12.6. The smallest absolute Gasteiger partial charge is 0.176 e. The highest BCUT2D eigenvalue weighted by Crippen LogP contribution is 2.29. The Morgan fingerprint density at radius 1 is 1.17 bits per heavy atom. The van der Waals surface area contributed by atoms with Gasteiger partial charge in [0.2, 0.25) is 0 Å². The Balaban J connectivity index is 1.76. The van der Waals surface area contributed by atoms with Crippen LogP contribution in [-0.4, -0.2) is 48.3 Å². The Bertz CT molecular complexity index is 964. The number of pyridine rings is 1. The number of hydrogen-bond acceptors (Lipinski definition) is 6. The molecular weight excluding hydrogens is 308 g/mol. The maximum Gasteiger partial charge on any atom is 0.176 e. The summed E-state index contributed by atoms with van der Waals surface area (Å²) in [6, 6.07) is 9.35. The van der Waals surface area contributed by atoms with Gasteiger partial charge < -0.3 is 14.8 Å². The van der Waals surface area contributed by atoms with E-state index in [1.54, 1.807) is 18.6 Å². The van der Waals surface area contributed by atoms with Gasteiger partial charge in [-0.05, 0) is 12.1 Å². The first-order valence-electron chi connectivity index (χ1n) is 7.40. The van der Waals surface area contributed by atoms with Gasteiger partial charge in [-0.25, -0.2) is 9.97 Å². The number of H-pyrrole nitrogens is 1. The molecule has 0 atom stereocenters. The molecule has 0 amide bonds. The van der Waals surface area contributed by atoms with Crippen LogP contribution < -0.4 is 4.74 Å². The van der Waals surface area contributed by atoms with Crippen molar-refractivity contribution in [1.82, 2.24) is 29.9 Å². The van der Waals surface area contributed by atoms with Gasteiger partial charge in [-0.3, -0.25) is 0 Å². The summed E-state index contributed by atoms with van der Waals surface area (Å²) in [7, 11) is 0. The fourth-order valence-corrected chi connectivity index (χ4v) is 2.41. The lowest BCUT2D eigenvalue weighted by atomic mass is 10.2. The quantitative estimate of drug-likeness (QED) is 0.578. The third kappa shape index (κ3) is 2.59. The fourth-order valence-electron chi connectivity index (χ4n) is 2.41. The van der Waals surface area contributed by atoms with Crippen molar-refractivity contribution in [2.75, 3.05) is 13.2 Å². The van der Waals surface area contributed by atoms with Gasteiger partial charge in [-0.15, -0.1) is 4.80 Å². The highest BCUT2D eigenvalue weighted by molar-refractivity contribution is 5.81. The first-order valence-corrected chi connectivity index (χ1v) is 7.40. The van der Waals surface area contributed by atoms with Crippen LogP contribution in [0.25, 0.3) is 28.2 Å². The highest BCUT2D eigenvalue weighted by atomic mass is 16.5. The molecule has 4 rings (SSSR count). The van der Waals surface area contributed by atoms with Crippen molar-refractivity contribution in [3.63, 3.8) is 0 Å². The number of aliphatic hydroxyl groups excluding tert-OH is 1. The lowest BCUT2D eigenvalue weighted by Gasteiger charge is -2.08. The van der Waals surface area contributed by atoms with Gasteiger partial charge in [0.05, 0.1) is 41.8 Å². The summed E-state index contributed by atoms with van der Waals surface area (Å²) in [4.78, 5) is 13.6. The largest absolute Gasteiger partial charge is 0.490 e. The molecule has 0 spiro atoms. The number of nitrogens with one attached hydrogen (secondary N) is 1. The van der Waals surface area contributed by atoms with Crippen LogP contribution in [0.5, 0.6) is 5.75 Å². The molecule has 1 aromatic carbocycles. The number of rotatable bonds is 5. The minimum absolute atomic E-state index is 0.0430. The predicted molar refractivity (Wildman–Crippen MR) is 86.8 cm³/mol. The van der Waals surface area contributed by atoms with E-state index in [0.717, 1.165) is 16.6 Å². The van der Waals surface area contributed by atoms with E-state index in [0.29, 0.717) is 17.4 Å². The molecule has 4 aromatic rings. The zero-order valence-electron chi connectivity index (χ0n) is 12.6. The summed E-state index contributed by atoms with van der Waals surface area (Å²) in [6.45, 7) is 0.187. The number of fused-ring (bicyclic) bond motifs is 1. The molecule has 8 nitrogen and oxygen atoms in total. The van der Waals surface area contributed by atoms with E-state index in [1.807, 2.05) is 30.3 Å². The van der Waals surface area contributed by atoms with Crippen molar-refractivity contribution in [2.45, 2.75) is 0 Å². The van der Waals surface area contributed by atoms with E-state index in [9.17, 15) is 0 Å². The Labute approximate surface area is 136 Å². The molecule has 2 N–H and O–H groups in total. The monoisotopic (exact) mass is 322 g/mol. The predicted octanol–water partition coefficient (Wildman–Crippen LogP) is 1.58. The summed E-state index contributed by atoms with van der Waals surface area (Å²) < 4.78 is 5.57. The number of imidazole rings is 1. The summed E-state index contributed by atoms with van der Waals surface area (Å²) in [5, 5.41) is 17.1. The van der Waals surface area contributed by atoms with Gasteiger partial charge in [-0.2, -0.15) is 10.2 Å². The standard InChI is InChI=1S/C16H14N6O2/c23-7-8-24-14-4-2-1-3-11(14)16-20-12-9-15(17-10-13(12)21-16)22-18-5-6-19-22/h1-6,9-10,23H,7-8H2,(H,20,21). The Morgan fingerprint density at radius 2 is 2.00 bits per heavy atom. The first kappa shape index (κ1) is 14.3. The van der Waals surface area contributed by atoms with Crippen molar-refractivity contribution < 1.29 is 9.84 Å². The Kier molecular flexibility index (Phi) is 3.64. The summed E-state index contributed by atoms with van der Waals surface area (Å²) >= 11 is 0. The van der Waals surface area contributed by atoms with E-state index >= 15 is 0 Å². The van der Waals surface area contributed by atoms with Crippen LogP contribution in [0.1, 0.15) is 0 Å². The molecule has 3 aromatic heterocycles. The third-order valence-corrected chi connectivity index (χ3v) is 3.47. The maximum atomic E-state index is 8.95. The molecular formula is C16H14N6O2. The van der Waals surface area contributed by atoms with E-state index in [4.69, 9.17) is 9.84 Å². The summed E-state index contributed by atoms with van der Waals surface area (Å²) in [5.41, 5.74) is 2.38. The first-order chi connectivity index (χ1) is 11.8. The molecule has 0 fully saturated rings. The van der Waals surface area contributed by atoms with Crippen LogP contribution in [0.2, 0.25) is 0 Å². The van der Waals surface area contributed by atoms with E-state index in [-0.39, 0.29) is 13.2 Å². The van der Waals surface area contributed by atoms with Gasteiger partial charge in [0, 0.05) is 6.07 Å². The SMILES string of the molecule is OCCOc1ccccc1-c1nc2cc(-n3nccn3)ncc2[nH]1. The van der Waals surface area contributed by atoms with E-state index in [2.05, 4.69) is 25.1 Å². The topological polar surface area (TPSA) is 102 Å². The average molecular weight is 322 g/mol. The molecule has 0 radical (unpaired) electrons. The van der Waals surface area contributed by atoms with Crippen molar-refractivity contribution in [2.24, 2.45) is 0 Å². The molecule has 0 bridgehead atoms. The number of aromatic nitrogens is 6. The Hall–Kier alpha value is -3.26. The van der Waals surface area contributed by atoms with Crippen LogP contribution in [0, 0.1) is 0 Å². The summed E-state index contributed by atoms with van der Waals surface area (Å²) in [6.07, 6.45) is 4.88. The second kappa shape index (κ2) is 6.09. The normalized spacial score (nSPS) is 11.0. The van der Waals surface area contributed by atoms with Gasteiger partial charge in [0.15, 0.2) is 5.82 Å². The van der Waals surface area contributed by atoms with Gasteiger partial charge in [0.1, 0.15) is 18.2 Å². The third-order valence-electron chi connectivity index (χ3n) is 3.47. The van der Waals surface area contributed by atoms with E-state index < -0.39 is 0 Å². The van der Waals surface area contributed by atoms with Gasteiger partial charge in [0.25, 0.3) is 0 Å². The molecule has 3 heterocycles. The molecule has 24 heavy (non-hydrogen) atoms. The number of nitrogens with zero attached hydrogens (tertiary/aromatic N) is 5. The maximum absolute atomic E-state index is 8.95. The van der Waals surface area contributed by atoms with E-state index in [1.165, 1.54) is 4.80 Å². The minimum Gasteiger partial charge on any atom is -0.490 e. The van der Waals surface area contributed by atoms with Crippen molar-refractivity contribution in [1.29, 1.82) is 0 Å². The van der Waals surface area contributed by atoms with Crippen LogP contribution in [-0.2, 0) is 0 Å². The van der Waals surface area contributed by atoms with Gasteiger partial charge >= 0.3 is 0 Å². The molecule has 0 unspecified atom stereocenters. The van der Waals surface area contributed by atoms with Crippen LogP contribution in [0.3, 0.4) is 0 Å².